The van der Waals surface area contributed by atoms with Gasteiger partial charge in [0.1, 0.15) is 5.75 Å². The van der Waals surface area contributed by atoms with Crippen molar-refractivity contribution in [1.82, 2.24) is 0 Å². The summed E-state index contributed by atoms with van der Waals surface area (Å²) in [6.45, 7) is 5.56. The maximum atomic E-state index is 11.9. The normalized spacial score (nSPS) is 19.1. The van der Waals surface area contributed by atoms with Crippen molar-refractivity contribution in [2.24, 2.45) is 5.92 Å². The van der Waals surface area contributed by atoms with E-state index < -0.39 is 0 Å². The standard InChI is InChI=1S/C14H15NO3/c1-3-10-7-13(17)15(8-10)12-6-4-5-11(9(2)16)14(12)18/h3-6,10,18H,1,7-8H2,2H3. The molecule has 1 aliphatic rings. The molecule has 1 N–H and O–H groups in total. The number of benzene rings is 1. The molecule has 1 aromatic rings. The van der Waals surface area contributed by atoms with Crippen LogP contribution in [0.5, 0.6) is 5.75 Å². The van der Waals surface area contributed by atoms with Crippen LogP contribution in [0.15, 0.2) is 30.9 Å². The minimum atomic E-state index is -0.221. The highest BCUT2D eigenvalue weighted by Crippen LogP contribution is 2.35. The highest BCUT2D eigenvalue weighted by Gasteiger charge is 2.30. The third-order valence-corrected chi connectivity index (χ3v) is 3.17. The molecule has 1 amide bonds. The monoisotopic (exact) mass is 245 g/mol. The zero-order valence-corrected chi connectivity index (χ0v) is 10.2. The third-order valence-electron chi connectivity index (χ3n) is 3.17. The molecule has 1 saturated heterocycles. The second-order valence-corrected chi connectivity index (χ2v) is 4.43. The van der Waals surface area contributed by atoms with E-state index in [-0.39, 0.29) is 28.9 Å². The summed E-state index contributed by atoms with van der Waals surface area (Å²) in [6.07, 6.45) is 2.14. The first kappa shape index (κ1) is 12.4. The van der Waals surface area contributed by atoms with Crippen LogP contribution in [0.3, 0.4) is 0 Å². The molecule has 1 atom stereocenters. The number of Topliss-reactive ketones (excluding diaryl/α,β-unsaturated/α-hetero) is 1. The van der Waals surface area contributed by atoms with Gasteiger partial charge in [0.05, 0.1) is 11.3 Å². The van der Waals surface area contributed by atoms with Gasteiger partial charge in [-0.05, 0) is 19.1 Å². The SMILES string of the molecule is C=CC1CC(=O)N(c2cccc(C(C)=O)c2O)C1. The van der Waals surface area contributed by atoms with Gasteiger partial charge in [0.2, 0.25) is 5.91 Å². The fraction of sp³-hybridized carbons (Fsp3) is 0.286. The van der Waals surface area contributed by atoms with E-state index in [0.717, 1.165) is 0 Å². The van der Waals surface area contributed by atoms with Gasteiger partial charge in [0.25, 0.3) is 0 Å². The van der Waals surface area contributed by atoms with Crippen molar-refractivity contribution in [3.8, 4) is 5.75 Å². The molecule has 0 aromatic heterocycles. The average Bonchev–Trinajstić information content (AvgIpc) is 2.70. The second-order valence-electron chi connectivity index (χ2n) is 4.43. The lowest BCUT2D eigenvalue weighted by Gasteiger charge is -2.18. The second kappa shape index (κ2) is 4.64. The molecule has 1 fully saturated rings. The fourth-order valence-electron chi connectivity index (χ4n) is 2.16. The van der Waals surface area contributed by atoms with Crippen LogP contribution in [0.1, 0.15) is 23.7 Å². The van der Waals surface area contributed by atoms with E-state index in [2.05, 4.69) is 6.58 Å². The van der Waals surface area contributed by atoms with Crippen LogP contribution in [0.25, 0.3) is 0 Å². The Hall–Kier alpha value is -2.10. The van der Waals surface area contributed by atoms with E-state index in [0.29, 0.717) is 18.7 Å². The van der Waals surface area contributed by atoms with Gasteiger partial charge in [-0.15, -0.1) is 6.58 Å². The molecule has 4 nitrogen and oxygen atoms in total. The minimum absolute atomic E-state index is 0.0593. The number of hydrogen-bond acceptors (Lipinski definition) is 3. The van der Waals surface area contributed by atoms with E-state index in [9.17, 15) is 14.7 Å². The molecule has 2 rings (SSSR count). The van der Waals surface area contributed by atoms with E-state index >= 15 is 0 Å². The summed E-state index contributed by atoms with van der Waals surface area (Å²) in [5.41, 5.74) is 0.638. The van der Waals surface area contributed by atoms with Crippen molar-refractivity contribution < 1.29 is 14.7 Å². The van der Waals surface area contributed by atoms with Crippen LogP contribution >= 0.6 is 0 Å². The number of aromatic hydroxyl groups is 1. The van der Waals surface area contributed by atoms with Crippen molar-refractivity contribution in [1.29, 1.82) is 0 Å². The van der Waals surface area contributed by atoms with E-state index in [1.54, 1.807) is 24.3 Å². The van der Waals surface area contributed by atoms with Gasteiger partial charge in [-0.25, -0.2) is 0 Å². The molecule has 1 aliphatic heterocycles. The number of hydrogen-bond donors (Lipinski definition) is 1. The molecule has 0 bridgehead atoms. The van der Waals surface area contributed by atoms with Crippen LogP contribution in [-0.2, 0) is 4.79 Å². The zero-order chi connectivity index (χ0) is 13.3. The quantitative estimate of drug-likeness (QED) is 0.655. The Bertz CT molecular complexity index is 522. The van der Waals surface area contributed by atoms with Gasteiger partial charge in [0.15, 0.2) is 5.78 Å². The number of carbonyl (C=O) groups is 2. The van der Waals surface area contributed by atoms with Gasteiger partial charge in [-0.3, -0.25) is 9.59 Å². The molecule has 0 aliphatic carbocycles. The zero-order valence-electron chi connectivity index (χ0n) is 10.2. The highest BCUT2D eigenvalue weighted by molar-refractivity contribution is 6.02. The Morgan fingerprint density at radius 3 is 2.83 bits per heavy atom. The van der Waals surface area contributed by atoms with Crippen molar-refractivity contribution in [2.75, 3.05) is 11.4 Å². The van der Waals surface area contributed by atoms with Gasteiger partial charge in [0, 0.05) is 18.9 Å². The number of ketones is 1. The summed E-state index contributed by atoms with van der Waals surface area (Å²) >= 11 is 0. The molecule has 0 spiro atoms. The Balaban J connectivity index is 2.40. The predicted molar refractivity (Wildman–Crippen MR) is 68.8 cm³/mol. The van der Waals surface area contributed by atoms with Crippen molar-refractivity contribution in [2.45, 2.75) is 13.3 Å². The van der Waals surface area contributed by atoms with Gasteiger partial charge >= 0.3 is 0 Å². The Labute approximate surface area is 106 Å². The van der Waals surface area contributed by atoms with Crippen LogP contribution < -0.4 is 4.90 Å². The van der Waals surface area contributed by atoms with Crippen LogP contribution in [0.2, 0.25) is 0 Å². The van der Waals surface area contributed by atoms with Gasteiger partial charge in [-0.1, -0.05) is 12.1 Å². The molecule has 18 heavy (non-hydrogen) atoms. The largest absolute Gasteiger partial charge is 0.505 e. The lowest BCUT2D eigenvalue weighted by Crippen LogP contribution is -2.24. The first-order valence-corrected chi connectivity index (χ1v) is 5.80. The highest BCUT2D eigenvalue weighted by atomic mass is 16.3. The lowest BCUT2D eigenvalue weighted by molar-refractivity contribution is -0.117. The van der Waals surface area contributed by atoms with E-state index in [1.165, 1.54) is 11.8 Å². The number of amides is 1. The lowest BCUT2D eigenvalue weighted by atomic mass is 10.1. The number of anilines is 1. The first-order chi connectivity index (χ1) is 8.54. The molecule has 1 unspecified atom stereocenters. The smallest absolute Gasteiger partial charge is 0.227 e. The molecule has 4 heteroatoms. The summed E-state index contributed by atoms with van der Waals surface area (Å²) in [4.78, 5) is 24.7. The first-order valence-electron chi connectivity index (χ1n) is 5.80. The fourth-order valence-corrected chi connectivity index (χ4v) is 2.16. The van der Waals surface area contributed by atoms with Crippen LogP contribution in [0, 0.1) is 5.92 Å². The number of para-hydroxylation sites is 1. The van der Waals surface area contributed by atoms with Crippen LogP contribution in [0.4, 0.5) is 5.69 Å². The molecule has 1 heterocycles. The summed E-state index contributed by atoms with van der Waals surface area (Å²) in [5.74, 6) is -0.307. The third kappa shape index (κ3) is 2.01. The Morgan fingerprint density at radius 1 is 1.56 bits per heavy atom. The van der Waals surface area contributed by atoms with E-state index in [1.807, 2.05) is 0 Å². The van der Waals surface area contributed by atoms with Crippen molar-refractivity contribution in [3.05, 3.63) is 36.4 Å². The van der Waals surface area contributed by atoms with Gasteiger partial charge in [-0.2, -0.15) is 0 Å². The topological polar surface area (TPSA) is 57.6 Å². The molecule has 94 valence electrons. The predicted octanol–water partition coefficient (Wildman–Crippen LogP) is 2.13. The Kier molecular flexibility index (Phi) is 3.19. The average molecular weight is 245 g/mol. The summed E-state index contributed by atoms with van der Waals surface area (Å²) in [5, 5.41) is 10.1. The van der Waals surface area contributed by atoms with Gasteiger partial charge < -0.3 is 10.0 Å². The number of phenols is 1. The van der Waals surface area contributed by atoms with E-state index in [4.69, 9.17) is 0 Å². The number of phenolic OH excluding ortho intramolecular Hbond substituents is 1. The molecule has 0 saturated carbocycles. The minimum Gasteiger partial charge on any atom is -0.505 e. The van der Waals surface area contributed by atoms with Crippen LogP contribution in [-0.4, -0.2) is 23.3 Å². The molecular weight excluding hydrogens is 230 g/mol. The molecule has 0 radical (unpaired) electrons. The summed E-state index contributed by atoms with van der Waals surface area (Å²) < 4.78 is 0. The number of rotatable bonds is 3. The number of carbonyl (C=O) groups excluding carboxylic acids is 2. The maximum Gasteiger partial charge on any atom is 0.227 e. The Morgan fingerprint density at radius 2 is 2.28 bits per heavy atom. The van der Waals surface area contributed by atoms with Crippen molar-refractivity contribution in [3.63, 3.8) is 0 Å². The molecular formula is C14H15NO3. The molecule has 1 aromatic carbocycles. The number of nitrogens with zero attached hydrogens (tertiary/aromatic N) is 1. The van der Waals surface area contributed by atoms with Crippen molar-refractivity contribution >= 4 is 17.4 Å². The maximum absolute atomic E-state index is 11.9. The summed E-state index contributed by atoms with van der Waals surface area (Å²) in [6, 6.07) is 4.86. The summed E-state index contributed by atoms with van der Waals surface area (Å²) in [7, 11) is 0.